The van der Waals surface area contributed by atoms with Crippen molar-refractivity contribution in [2.45, 2.75) is 6.42 Å². The van der Waals surface area contributed by atoms with E-state index >= 15 is 0 Å². The summed E-state index contributed by atoms with van der Waals surface area (Å²) >= 11 is 0. The third-order valence-electron chi connectivity index (χ3n) is 3.93. The van der Waals surface area contributed by atoms with Crippen molar-refractivity contribution in [3.8, 4) is 22.6 Å². The van der Waals surface area contributed by atoms with Gasteiger partial charge in [0.05, 0.1) is 12.7 Å². The molecule has 0 radical (unpaired) electrons. The molecule has 0 bridgehead atoms. The van der Waals surface area contributed by atoms with E-state index < -0.39 is 0 Å². The highest BCUT2D eigenvalue weighted by Gasteiger charge is 2.19. The van der Waals surface area contributed by atoms with Gasteiger partial charge in [0.2, 0.25) is 0 Å². The lowest BCUT2D eigenvalue weighted by atomic mass is 9.97. The predicted octanol–water partition coefficient (Wildman–Crippen LogP) is 4.49. The maximum absolute atomic E-state index is 12.5. The van der Waals surface area contributed by atoms with E-state index in [4.69, 9.17) is 4.74 Å². The summed E-state index contributed by atoms with van der Waals surface area (Å²) in [5.74, 6) is 0.0662. The highest BCUT2D eigenvalue weighted by Crippen LogP contribution is 2.40. The lowest BCUT2D eigenvalue weighted by Gasteiger charge is -2.13. The number of benzene rings is 3. The predicted molar refractivity (Wildman–Crippen MR) is 94.6 cm³/mol. The molecule has 0 aliphatic rings. The molecule has 0 heterocycles. The Hall–Kier alpha value is -3.07. The Bertz CT molecular complexity index is 840. The topological polar surface area (TPSA) is 46.5 Å². The van der Waals surface area contributed by atoms with Crippen molar-refractivity contribution in [1.29, 1.82) is 0 Å². The standard InChI is InChI=1S/C21H18O3/c1-24-21-17(16-10-6-3-7-11-16)12-13-18(20(21)23)19(22)14-15-8-4-2-5-9-15/h2-13,23H,14H2,1H3. The van der Waals surface area contributed by atoms with E-state index in [-0.39, 0.29) is 23.5 Å². The molecule has 3 aromatic rings. The summed E-state index contributed by atoms with van der Waals surface area (Å²) in [5, 5.41) is 10.5. The second kappa shape index (κ2) is 7.01. The van der Waals surface area contributed by atoms with Gasteiger partial charge in [-0.3, -0.25) is 4.79 Å². The average Bonchev–Trinajstić information content (AvgIpc) is 2.63. The van der Waals surface area contributed by atoms with E-state index in [0.29, 0.717) is 5.75 Å². The second-order valence-electron chi connectivity index (χ2n) is 5.49. The first-order valence-corrected chi connectivity index (χ1v) is 7.73. The molecule has 0 fully saturated rings. The number of methoxy groups -OCH3 is 1. The second-order valence-corrected chi connectivity index (χ2v) is 5.49. The molecule has 1 N–H and O–H groups in total. The zero-order valence-electron chi connectivity index (χ0n) is 13.4. The lowest BCUT2D eigenvalue weighted by Crippen LogP contribution is -2.05. The van der Waals surface area contributed by atoms with Crippen molar-refractivity contribution >= 4 is 5.78 Å². The SMILES string of the molecule is COc1c(-c2ccccc2)ccc(C(=O)Cc2ccccc2)c1O. The molecular weight excluding hydrogens is 300 g/mol. The van der Waals surface area contributed by atoms with Gasteiger partial charge in [0.15, 0.2) is 17.3 Å². The Balaban J connectivity index is 1.97. The van der Waals surface area contributed by atoms with E-state index in [1.54, 1.807) is 6.07 Å². The molecule has 0 aliphatic carbocycles. The van der Waals surface area contributed by atoms with Gasteiger partial charge >= 0.3 is 0 Å². The van der Waals surface area contributed by atoms with Crippen LogP contribution in [0.15, 0.2) is 72.8 Å². The first-order chi connectivity index (χ1) is 11.7. The zero-order chi connectivity index (χ0) is 16.9. The van der Waals surface area contributed by atoms with Gasteiger partial charge in [-0.05, 0) is 23.3 Å². The Morgan fingerprint density at radius 3 is 2.17 bits per heavy atom. The molecule has 0 unspecified atom stereocenters. The molecule has 0 amide bonds. The fourth-order valence-corrected chi connectivity index (χ4v) is 2.72. The van der Waals surface area contributed by atoms with Crippen molar-refractivity contribution < 1.29 is 14.6 Å². The first-order valence-electron chi connectivity index (χ1n) is 7.73. The van der Waals surface area contributed by atoms with Crippen molar-refractivity contribution in [2.75, 3.05) is 7.11 Å². The highest BCUT2D eigenvalue weighted by molar-refractivity contribution is 6.01. The van der Waals surface area contributed by atoms with Gasteiger partial charge in [0.1, 0.15) is 0 Å². The van der Waals surface area contributed by atoms with Crippen LogP contribution in [0.5, 0.6) is 11.5 Å². The van der Waals surface area contributed by atoms with Crippen molar-refractivity contribution in [2.24, 2.45) is 0 Å². The third kappa shape index (κ3) is 3.15. The normalized spacial score (nSPS) is 10.4. The van der Waals surface area contributed by atoms with Crippen LogP contribution in [0, 0.1) is 0 Å². The molecule has 0 aromatic heterocycles. The number of carbonyl (C=O) groups excluding carboxylic acids is 1. The van der Waals surface area contributed by atoms with Crippen LogP contribution in [0.3, 0.4) is 0 Å². The van der Waals surface area contributed by atoms with E-state index in [1.165, 1.54) is 7.11 Å². The molecule has 0 atom stereocenters. The number of aromatic hydroxyl groups is 1. The van der Waals surface area contributed by atoms with Gasteiger partial charge < -0.3 is 9.84 Å². The van der Waals surface area contributed by atoms with Crippen LogP contribution in [0.4, 0.5) is 0 Å². The van der Waals surface area contributed by atoms with Gasteiger partial charge in [-0.25, -0.2) is 0 Å². The molecule has 120 valence electrons. The van der Waals surface area contributed by atoms with E-state index in [2.05, 4.69) is 0 Å². The van der Waals surface area contributed by atoms with Gasteiger partial charge in [-0.2, -0.15) is 0 Å². The van der Waals surface area contributed by atoms with E-state index in [1.807, 2.05) is 66.7 Å². The first kappa shape index (κ1) is 15.8. The molecular formula is C21H18O3. The van der Waals surface area contributed by atoms with Crippen LogP contribution in [-0.2, 0) is 6.42 Å². The minimum Gasteiger partial charge on any atom is -0.504 e. The summed E-state index contributed by atoms with van der Waals surface area (Å²) in [7, 11) is 1.49. The van der Waals surface area contributed by atoms with Crippen LogP contribution < -0.4 is 4.74 Å². The monoisotopic (exact) mass is 318 g/mol. The van der Waals surface area contributed by atoms with Crippen molar-refractivity contribution in [3.63, 3.8) is 0 Å². The van der Waals surface area contributed by atoms with Crippen molar-refractivity contribution in [3.05, 3.63) is 83.9 Å². The maximum atomic E-state index is 12.5. The smallest absolute Gasteiger partial charge is 0.171 e. The van der Waals surface area contributed by atoms with Crippen LogP contribution in [0.2, 0.25) is 0 Å². The quantitative estimate of drug-likeness (QED) is 0.705. The summed E-state index contributed by atoms with van der Waals surface area (Å²) in [6.45, 7) is 0. The molecule has 0 saturated carbocycles. The molecule has 3 rings (SSSR count). The summed E-state index contributed by atoms with van der Waals surface area (Å²) in [6.07, 6.45) is 0.238. The number of ether oxygens (including phenoxy) is 1. The molecule has 24 heavy (non-hydrogen) atoms. The average molecular weight is 318 g/mol. The minimum atomic E-state index is -0.142. The van der Waals surface area contributed by atoms with Gasteiger partial charge in [-0.15, -0.1) is 0 Å². The van der Waals surface area contributed by atoms with Gasteiger partial charge in [-0.1, -0.05) is 60.7 Å². The fourth-order valence-electron chi connectivity index (χ4n) is 2.72. The Kier molecular flexibility index (Phi) is 4.62. The zero-order valence-corrected chi connectivity index (χ0v) is 13.4. The molecule has 0 spiro atoms. The number of hydrogen-bond acceptors (Lipinski definition) is 3. The number of ketones is 1. The van der Waals surface area contributed by atoms with Crippen molar-refractivity contribution in [1.82, 2.24) is 0 Å². The number of phenols is 1. The molecule has 3 nitrogen and oxygen atoms in total. The summed E-state index contributed by atoms with van der Waals surface area (Å²) in [4.78, 5) is 12.5. The third-order valence-corrected chi connectivity index (χ3v) is 3.93. The van der Waals surface area contributed by atoms with Crippen LogP contribution in [0.25, 0.3) is 11.1 Å². The summed E-state index contributed by atoms with van der Waals surface area (Å²) in [5.41, 5.74) is 2.86. The molecule has 3 aromatic carbocycles. The largest absolute Gasteiger partial charge is 0.504 e. The lowest BCUT2D eigenvalue weighted by molar-refractivity contribution is 0.0990. The molecule has 0 saturated heterocycles. The summed E-state index contributed by atoms with van der Waals surface area (Å²) < 4.78 is 5.37. The number of Topliss-reactive ketones (excluding diaryl/α,β-unsaturated/α-hetero) is 1. The Morgan fingerprint density at radius 2 is 1.54 bits per heavy atom. The number of rotatable bonds is 5. The van der Waals surface area contributed by atoms with Gasteiger partial charge in [0, 0.05) is 12.0 Å². The van der Waals surface area contributed by atoms with Gasteiger partial charge in [0.25, 0.3) is 0 Å². The van der Waals surface area contributed by atoms with Crippen LogP contribution in [-0.4, -0.2) is 18.0 Å². The molecule has 3 heteroatoms. The van der Waals surface area contributed by atoms with E-state index in [0.717, 1.165) is 16.7 Å². The number of carbonyl (C=O) groups is 1. The number of hydrogen-bond donors (Lipinski definition) is 1. The van der Waals surface area contributed by atoms with Crippen LogP contribution >= 0.6 is 0 Å². The van der Waals surface area contributed by atoms with E-state index in [9.17, 15) is 9.90 Å². The fraction of sp³-hybridized carbons (Fsp3) is 0.0952. The highest BCUT2D eigenvalue weighted by atomic mass is 16.5. The Morgan fingerprint density at radius 1 is 0.917 bits per heavy atom. The Labute approximate surface area is 141 Å². The molecule has 0 aliphatic heterocycles. The minimum absolute atomic E-state index is 0.111. The maximum Gasteiger partial charge on any atom is 0.171 e. The van der Waals surface area contributed by atoms with Crippen LogP contribution in [0.1, 0.15) is 15.9 Å². The summed E-state index contributed by atoms with van der Waals surface area (Å²) in [6, 6.07) is 22.6. The number of phenolic OH excluding ortho intramolecular Hbond substituents is 1.